The topological polar surface area (TPSA) is 105 Å². The predicted molar refractivity (Wildman–Crippen MR) is 49.7 cm³/mol. The highest BCUT2D eigenvalue weighted by atomic mass is 15.2. The summed E-state index contributed by atoms with van der Waals surface area (Å²) in [5.41, 5.74) is 12.1. The first-order valence-corrected chi connectivity index (χ1v) is 4.22. The van der Waals surface area contributed by atoms with Crippen LogP contribution in [0.1, 0.15) is 24.1 Å². The Balaban J connectivity index is 2.62. The number of anilines is 1. The zero-order chi connectivity index (χ0) is 9.68. The Morgan fingerprint density at radius 1 is 1.46 bits per heavy atom. The van der Waals surface area contributed by atoms with Crippen LogP contribution in [-0.4, -0.2) is 16.7 Å². The van der Waals surface area contributed by atoms with Gasteiger partial charge in [-0.3, -0.25) is 5.10 Å². The lowest BCUT2D eigenvalue weighted by Crippen LogP contribution is -1.99. The van der Waals surface area contributed by atoms with E-state index in [2.05, 4.69) is 10.2 Å². The summed E-state index contributed by atoms with van der Waals surface area (Å²) in [6.45, 7) is 0.672. The van der Waals surface area contributed by atoms with Gasteiger partial charge in [-0.15, -0.1) is 0 Å². The summed E-state index contributed by atoms with van der Waals surface area (Å²) in [7, 11) is 0. The molecule has 0 saturated heterocycles. The standard InChI is InChI=1S/C8H13N5/c9-4-2-1-3-7-6(5-10)8(11)13-12-7/h1-4,9H2,(H3,11,12,13). The van der Waals surface area contributed by atoms with Crippen molar-refractivity contribution in [3.63, 3.8) is 0 Å². The molecule has 0 aromatic carbocycles. The molecular formula is C8H13N5. The number of hydrogen-bond acceptors (Lipinski definition) is 4. The molecule has 0 saturated carbocycles. The Morgan fingerprint density at radius 2 is 2.23 bits per heavy atom. The van der Waals surface area contributed by atoms with Gasteiger partial charge < -0.3 is 11.5 Å². The van der Waals surface area contributed by atoms with Crippen LogP contribution < -0.4 is 11.5 Å². The molecule has 5 heteroatoms. The van der Waals surface area contributed by atoms with E-state index in [0.717, 1.165) is 25.0 Å². The van der Waals surface area contributed by atoms with Crippen LogP contribution in [0.2, 0.25) is 0 Å². The molecule has 0 unspecified atom stereocenters. The van der Waals surface area contributed by atoms with E-state index in [4.69, 9.17) is 16.7 Å². The first-order valence-electron chi connectivity index (χ1n) is 4.22. The van der Waals surface area contributed by atoms with Gasteiger partial charge >= 0.3 is 0 Å². The van der Waals surface area contributed by atoms with Crippen molar-refractivity contribution in [3.05, 3.63) is 11.3 Å². The van der Waals surface area contributed by atoms with Crippen molar-refractivity contribution in [1.82, 2.24) is 10.2 Å². The van der Waals surface area contributed by atoms with Gasteiger partial charge in [0.1, 0.15) is 11.6 Å². The van der Waals surface area contributed by atoms with Crippen LogP contribution in [0.15, 0.2) is 0 Å². The summed E-state index contributed by atoms with van der Waals surface area (Å²) < 4.78 is 0. The van der Waals surface area contributed by atoms with Crippen LogP contribution in [0, 0.1) is 11.3 Å². The molecule has 0 fully saturated rings. The number of nitrogens with two attached hydrogens (primary N) is 2. The van der Waals surface area contributed by atoms with Gasteiger partial charge in [0.15, 0.2) is 5.82 Å². The summed E-state index contributed by atoms with van der Waals surface area (Å²) in [4.78, 5) is 0. The number of nitrogen functional groups attached to an aromatic ring is 1. The third-order valence-corrected chi connectivity index (χ3v) is 1.86. The van der Waals surface area contributed by atoms with Crippen LogP contribution in [0.25, 0.3) is 0 Å². The van der Waals surface area contributed by atoms with Crippen molar-refractivity contribution in [2.75, 3.05) is 12.3 Å². The number of aromatic nitrogens is 2. The average Bonchev–Trinajstić information content (AvgIpc) is 2.47. The normalized spacial score (nSPS) is 9.85. The lowest BCUT2D eigenvalue weighted by atomic mass is 10.1. The number of rotatable bonds is 4. The summed E-state index contributed by atoms with van der Waals surface area (Å²) in [6, 6.07) is 2.02. The number of hydrogen-bond donors (Lipinski definition) is 3. The minimum absolute atomic E-state index is 0.283. The maximum atomic E-state index is 8.73. The van der Waals surface area contributed by atoms with E-state index >= 15 is 0 Å². The molecule has 0 amide bonds. The minimum atomic E-state index is 0.283. The van der Waals surface area contributed by atoms with E-state index in [1.165, 1.54) is 0 Å². The molecule has 0 bridgehead atoms. The lowest BCUT2D eigenvalue weighted by molar-refractivity contribution is 0.729. The number of nitrogens with one attached hydrogen (secondary N) is 1. The molecule has 13 heavy (non-hydrogen) atoms. The Morgan fingerprint density at radius 3 is 2.85 bits per heavy atom. The van der Waals surface area contributed by atoms with Crippen molar-refractivity contribution >= 4 is 5.82 Å². The number of unbranched alkanes of at least 4 members (excludes halogenated alkanes) is 1. The average molecular weight is 179 g/mol. The molecule has 1 heterocycles. The summed E-state index contributed by atoms with van der Waals surface area (Å²) in [6.07, 6.45) is 2.68. The number of nitrogens with zero attached hydrogens (tertiary/aromatic N) is 2. The van der Waals surface area contributed by atoms with E-state index in [1.54, 1.807) is 0 Å². The van der Waals surface area contributed by atoms with Crippen LogP contribution in [0.5, 0.6) is 0 Å². The maximum Gasteiger partial charge on any atom is 0.163 e. The van der Waals surface area contributed by atoms with Gasteiger partial charge in [-0.05, 0) is 25.8 Å². The highest BCUT2D eigenvalue weighted by Crippen LogP contribution is 2.13. The third kappa shape index (κ3) is 2.20. The Bertz CT molecular complexity index is 309. The molecule has 1 aromatic rings. The zero-order valence-corrected chi connectivity index (χ0v) is 7.38. The first kappa shape index (κ1) is 9.55. The monoisotopic (exact) mass is 179 g/mol. The van der Waals surface area contributed by atoms with Gasteiger partial charge in [0, 0.05) is 0 Å². The van der Waals surface area contributed by atoms with Crippen molar-refractivity contribution in [1.29, 1.82) is 5.26 Å². The molecule has 0 aliphatic carbocycles. The molecule has 5 nitrogen and oxygen atoms in total. The second kappa shape index (κ2) is 4.48. The molecule has 5 N–H and O–H groups in total. The van der Waals surface area contributed by atoms with Crippen LogP contribution in [0.3, 0.4) is 0 Å². The number of H-pyrrole nitrogens is 1. The van der Waals surface area contributed by atoms with Gasteiger partial charge in [-0.25, -0.2) is 0 Å². The third-order valence-electron chi connectivity index (χ3n) is 1.86. The molecular weight excluding hydrogens is 166 g/mol. The van der Waals surface area contributed by atoms with E-state index < -0.39 is 0 Å². The van der Waals surface area contributed by atoms with E-state index in [9.17, 15) is 0 Å². The Kier molecular flexibility index (Phi) is 3.29. The largest absolute Gasteiger partial charge is 0.381 e. The van der Waals surface area contributed by atoms with E-state index in [0.29, 0.717) is 12.1 Å². The highest BCUT2D eigenvalue weighted by Gasteiger charge is 2.08. The summed E-state index contributed by atoms with van der Waals surface area (Å²) in [5, 5.41) is 15.2. The lowest BCUT2D eigenvalue weighted by Gasteiger charge is -1.96. The molecule has 1 aromatic heterocycles. The quantitative estimate of drug-likeness (QED) is 0.572. The fraction of sp³-hybridized carbons (Fsp3) is 0.500. The van der Waals surface area contributed by atoms with Gasteiger partial charge in [-0.1, -0.05) is 0 Å². The predicted octanol–water partition coefficient (Wildman–Crippen LogP) is 0.145. The van der Waals surface area contributed by atoms with Gasteiger partial charge in [-0.2, -0.15) is 10.4 Å². The minimum Gasteiger partial charge on any atom is -0.381 e. The van der Waals surface area contributed by atoms with Crippen molar-refractivity contribution in [3.8, 4) is 6.07 Å². The first-order chi connectivity index (χ1) is 6.29. The Hall–Kier alpha value is -1.54. The molecule has 0 atom stereocenters. The Labute approximate surface area is 76.7 Å². The molecule has 0 radical (unpaired) electrons. The van der Waals surface area contributed by atoms with Crippen LogP contribution >= 0.6 is 0 Å². The number of nitriles is 1. The molecule has 0 spiro atoms. The molecule has 0 aliphatic heterocycles. The summed E-state index contributed by atoms with van der Waals surface area (Å²) >= 11 is 0. The SMILES string of the molecule is N#Cc1c(N)n[nH]c1CCCCN. The fourth-order valence-electron chi connectivity index (χ4n) is 1.15. The second-order valence-electron chi connectivity index (χ2n) is 2.82. The zero-order valence-electron chi connectivity index (χ0n) is 7.38. The molecule has 70 valence electrons. The van der Waals surface area contributed by atoms with Crippen molar-refractivity contribution in [2.24, 2.45) is 5.73 Å². The smallest absolute Gasteiger partial charge is 0.163 e. The van der Waals surface area contributed by atoms with Crippen LogP contribution in [0.4, 0.5) is 5.82 Å². The van der Waals surface area contributed by atoms with Crippen molar-refractivity contribution in [2.45, 2.75) is 19.3 Å². The van der Waals surface area contributed by atoms with Gasteiger partial charge in [0.2, 0.25) is 0 Å². The van der Waals surface area contributed by atoms with Gasteiger partial charge in [0.05, 0.1) is 5.69 Å². The number of aromatic amines is 1. The maximum absolute atomic E-state index is 8.73. The van der Waals surface area contributed by atoms with Gasteiger partial charge in [0.25, 0.3) is 0 Å². The van der Waals surface area contributed by atoms with E-state index in [-0.39, 0.29) is 5.82 Å². The number of aryl methyl sites for hydroxylation is 1. The molecule has 0 aliphatic rings. The van der Waals surface area contributed by atoms with E-state index in [1.807, 2.05) is 6.07 Å². The highest BCUT2D eigenvalue weighted by molar-refractivity contribution is 5.50. The second-order valence-corrected chi connectivity index (χ2v) is 2.82. The fourth-order valence-corrected chi connectivity index (χ4v) is 1.15. The molecule has 1 rings (SSSR count). The van der Waals surface area contributed by atoms with Crippen LogP contribution in [-0.2, 0) is 6.42 Å². The van der Waals surface area contributed by atoms with Crippen molar-refractivity contribution < 1.29 is 0 Å². The summed E-state index contributed by atoms with van der Waals surface area (Å²) in [5.74, 6) is 0.283.